The third kappa shape index (κ3) is 4.28. The van der Waals surface area contributed by atoms with E-state index < -0.39 is 24.1 Å². The van der Waals surface area contributed by atoms with Crippen molar-refractivity contribution < 1.29 is 23.9 Å². The smallest absolute Gasteiger partial charge is 0.413 e. The number of rotatable bonds is 5. The van der Waals surface area contributed by atoms with Crippen LogP contribution in [0.5, 0.6) is 0 Å². The van der Waals surface area contributed by atoms with Crippen molar-refractivity contribution in [2.24, 2.45) is 0 Å². The van der Waals surface area contributed by atoms with Crippen molar-refractivity contribution in [1.82, 2.24) is 24.9 Å². The average molecular weight is 349 g/mol. The number of esters is 1. The minimum atomic E-state index is -1.11. The van der Waals surface area contributed by atoms with Gasteiger partial charge in [0.1, 0.15) is 6.33 Å². The minimum Gasteiger partial charge on any atom is -0.453 e. The first-order valence-corrected chi connectivity index (χ1v) is 7.57. The molecule has 0 radical (unpaired) electrons. The fourth-order valence-electron chi connectivity index (χ4n) is 2.31. The van der Waals surface area contributed by atoms with Crippen molar-refractivity contribution in [3.63, 3.8) is 0 Å². The van der Waals surface area contributed by atoms with Crippen molar-refractivity contribution in [1.29, 1.82) is 0 Å². The molecule has 0 aliphatic carbocycles. The van der Waals surface area contributed by atoms with E-state index in [1.807, 2.05) is 19.2 Å². The lowest BCUT2D eigenvalue weighted by atomic mass is 10.1. The van der Waals surface area contributed by atoms with Gasteiger partial charge in [0, 0.05) is 17.8 Å². The lowest BCUT2D eigenvalue weighted by molar-refractivity contribution is -0.154. The summed E-state index contributed by atoms with van der Waals surface area (Å²) in [5.74, 6) is -0.822. The van der Waals surface area contributed by atoms with Gasteiger partial charge in [-0.2, -0.15) is 10.1 Å². The van der Waals surface area contributed by atoms with Crippen LogP contribution in [0.4, 0.5) is 4.79 Å². The van der Waals surface area contributed by atoms with Gasteiger partial charge in [0.05, 0.1) is 7.11 Å². The van der Waals surface area contributed by atoms with Gasteiger partial charge in [0.15, 0.2) is 6.10 Å². The Morgan fingerprint density at radius 3 is 2.72 bits per heavy atom. The molecule has 1 atom stereocenters. The van der Waals surface area contributed by atoms with Gasteiger partial charge in [-0.3, -0.25) is 14.9 Å². The zero-order valence-electron chi connectivity index (χ0n) is 14.4. The quantitative estimate of drug-likeness (QED) is 0.773. The Balaban J connectivity index is 1.96. The van der Waals surface area contributed by atoms with Crippen molar-refractivity contribution in [3.8, 4) is 0 Å². The molecular weight excluding hydrogens is 330 g/mol. The molecule has 25 heavy (non-hydrogen) atoms. The lowest BCUT2D eigenvalue weighted by Gasteiger charge is -2.13. The molecule has 2 aromatic rings. The van der Waals surface area contributed by atoms with E-state index in [2.05, 4.69) is 19.8 Å². The third-order valence-corrected chi connectivity index (χ3v) is 3.66. The molecule has 2 heterocycles. The third-order valence-electron chi connectivity index (χ3n) is 3.66. The summed E-state index contributed by atoms with van der Waals surface area (Å²) < 4.78 is 10.9. The predicted molar refractivity (Wildman–Crippen MR) is 84.7 cm³/mol. The molecule has 10 heteroatoms. The summed E-state index contributed by atoms with van der Waals surface area (Å²) in [6, 6.07) is 0. The number of aromatic nitrogens is 4. The Morgan fingerprint density at radius 1 is 1.32 bits per heavy atom. The number of imide groups is 1. The van der Waals surface area contributed by atoms with Gasteiger partial charge in [-0.1, -0.05) is 0 Å². The first-order valence-electron chi connectivity index (χ1n) is 7.57. The average Bonchev–Trinajstić information content (AvgIpc) is 3.02. The second-order valence-corrected chi connectivity index (χ2v) is 5.35. The Labute approximate surface area is 143 Å². The summed E-state index contributed by atoms with van der Waals surface area (Å²) in [6.07, 6.45) is -0.172. The molecule has 10 nitrogen and oxygen atoms in total. The second-order valence-electron chi connectivity index (χ2n) is 5.35. The number of ether oxygens (including phenoxy) is 2. The second kappa shape index (κ2) is 7.69. The van der Waals surface area contributed by atoms with Crippen LogP contribution < -0.4 is 5.32 Å². The Hall–Kier alpha value is -3.04. The highest BCUT2D eigenvalue weighted by molar-refractivity contribution is 5.94. The van der Waals surface area contributed by atoms with E-state index in [-0.39, 0.29) is 6.42 Å². The van der Waals surface area contributed by atoms with Gasteiger partial charge in [-0.25, -0.2) is 14.3 Å². The van der Waals surface area contributed by atoms with E-state index in [0.717, 1.165) is 24.1 Å². The van der Waals surface area contributed by atoms with Crippen molar-refractivity contribution in [2.45, 2.75) is 39.7 Å². The molecular formula is C15H19N5O5. The SMILES string of the molecule is COC(=O)NC(=O)[C@H](C)OC(=O)CCc1c(C)nc2ncnn2c1C. The molecule has 0 saturated carbocycles. The summed E-state index contributed by atoms with van der Waals surface area (Å²) in [6.45, 7) is 5.06. The van der Waals surface area contributed by atoms with Gasteiger partial charge in [0.25, 0.3) is 11.7 Å². The Kier molecular flexibility index (Phi) is 5.63. The number of methoxy groups -OCH3 is 1. The van der Waals surface area contributed by atoms with Crippen molar-refractivity contribution in [2.75, 3.05) is 7.11 Å². The topological polar surface area (TPSA) is 125 Å². The van der Waals surface area contributed by atoms with Crippen LogP contribution in [0.2, 0.25) is 0 Å². The molecule has 0 aliphatic heterocycles. The molecule has 0 bridgehead atoms. The molecule has 2 rings (SSSR count). The maximum Gasteiger partial charge on any atom is 0.413 e. The van der Waals surface area contributed by atoms with Crippen molar-refractivity contribution >= 4 is 23.7 Å². The Morgan fingerprint density at radius 2 is 2.04 bits per heavy atom. The molecule has 134 valence electrons. The first kappa shape index (κ1) is 18.3. The van der Waals surface area contributed by atoms with Gasteiger partial charge in [-0.15, -0.1) is 0 Å². The van der Waals surface area contributed by atoms with Crippen LogP contribution in [-0.2, 0) is 25.5 Å². The van der Waals surface area contributed by atoms with E-state index in [1.54, 1.807) is 4.52 Å². The number of amides is 2. The largest absolute Gasteiger partial charge is 0.453 e. The highest BCUT2D eigenvalue weighted by atomic mass is 16.6. The predicted octanol–water partition coefficient (Wildman–Crippen LogP) is 0.488. The number of carbonyl (C=O) groups excluding carboxylic acids is 3. The van der Waals surface area contributed by atoms with E-state index >= 15 is 0 Å². The molecule has 0 aromatic carbocycles. The van der Waals surface area contributed by atoms with Gasteiger partial charge in [-0.05, 0) is 32.8 Å². The number of carbonyl (C=O) groups is 3. The zero-order chi connectivity index (χ0) is 18.6. The maximum absolute atomic E-state index is 11.9. The molecule has 0 aliphatic rings. The van der Waals surface area contributed by atoms with E-state index in [4.69, 9.17) is 4.74 Å². The fraction of sp³-hybridized carbons (Fsp3) is 0.467. The van der Waals surface area contributed by atoms with Crippen LogP contribution in [0.25, 0.3) is 5.78 Å². The Bertz CT molecular complexity index is 816. The highest BCUT2D eigenvalue weighted by Gasteiger charge is 2.20. The summed E-state index contributed by atoms with van der Waals surface area (Å²) in [5, 5.41) is 6.02. The summed E-state index contributed by atoms with van der Waals surface area (Å²) >= 11 is 0. The molecule has 0 fully saturated rings. The summed E-state index contributed by atoms with van der Waals surface area (Å²) in [4.78, 5) is 42.9. The van der Waals surface area contributed by atoms with Gasteiger partial charge >= 0.3 is 12.1 Å². The van der Waals surface area contributed by atoms with Crippen molar-refractivity contribution in [3.05, 3.63) is 23.3 Å². The van der Waals surface area contributed by atoms with Gasteiger partial charge in [0.2, 0.25) is 0 Å². The summed E-state index contributed by atoms with van der Waals surface area (Å²) in [5.41, 5.74) is 2.45. The number of nitrogens with one attached hydrogen (secondary N) is 1. The van der Waals surface area contributed by atoms with Gasteiger partial charge < -0.3 is 9.47 Å². The van der Waals surface area contributed by atoms with E-state index in [0.29, 0.717) is 12.2 Å². The van der Waals surface area contributed by atoms with Crippen LogP contribution in [0.3, 0.4) is 0 Å². The zero-order valence-corrected chi connectivity index (χ0v) is 14.4. The first-order chi connectivity index (χ1) is 11.8. The fourth-order valence-corrected chi connectivity index (χ4v) is 2.31. The number of nitrogens with zero attached hydrogens (tertiary/aromatic N) is 4. The van der Waals surface area contributed by atoms with Crippen LogP contribution in [0.15, 0.2) is 6.33 Å². The van der Waals surface area contributed by atoms with E-state index in [9.17, 15) is 14.4 Å². The molecule has 0 spiro atoms. The van der Waals surface area contributed by atoms with Crippen LogP contribution >= 0.6 is 0 Å². The van der Waals surface area contributed by atoms with Crippen LogP contribution in [-0.4, -0.2) is 50.8 Å². The molecule has 0 unspecified atom stereocenters. The number of alkyl carbamates (subject to hydrolysis) is 1. The normalized spacial score (nSPS) is 11.8. The molecule has 0 saturated heterocycles. The number of aryl methyl sites for hydroxylation is 2. The molecule has 1 N–H and O–H groups in total. The summed E-state index contributed by atoms with van der Waals surface area (Å²) in [7, 11) is 1.13. The number of hydrogen-bond acceptors (Lipinski definition) is 8. The number of fused-ring (bicyclic) bond motifs is 1. The van der Waals surface area contributed by atoms with Crippen LogP contribution in [0, 0.1) is 13.8 Å². The molecule has 2 aromatic heterocycles. The lowest BCUT2D eigenvalue weighted by Crippen LogP contribution is -2.39. The monoisotopic (exact) mass is 349 g/mol. The minimum absolute atomic E-state index is 0.0550. The van der Waals surface area contributed by atoms with Crippen LogP contribution in [0.1, 0.15) is 30.3 Å². The number of hydrogen-bond donors (Lipinski definition) is 1. The highest BCUT2D eigenvalue weighted by Crippen LogP contribution is 2.15. The van der Waals surface area contributed by atoms with E-state index in [1.165, 1.54) is 13.3 Å². The standard InChI is InChI=1S/C15H19N5O5/c1-8-11(9(2)20-14(18-8)16-7-17-20)5-6-12(21)25-10(3)13(22)19-15(23)24-4/h7,10H,5-6H2,1-4H3,(H,19,22,23)/t10-/m0/s1. The molecule has 2 amide bonds. The maximum atomic E-state index is 11.9.